The zero-order valence-electron chi connectivity index (χ0n) is 19.0. The first-order chi connectivity index (χ1) is 15.7. The Hall–Kier alpha value is -3.98. The van der Waals surface area contributed by atoms with Gasteiger partial charge >= 0.3 is 0 Å². The van der Waals surface area contributed by atoms with Gasteiger partial charge in [0, 0.05) is 23.5 Å². The molecule has 3 aromatic rings. The molecule has 2 aromatic heterocycles. The van der Waals surface area contributed by atoms with E-state index in [9.17, 15) is 9.90 Å². The fourth-order valence-corrected chi connectivity index (χ4v) is 2.83. The second-order valence-corrected chi connectivity index (χ2v) is 7.94. The molecule has 33 heavy (non-hydrogen) atoms. The van der Waals surface area contributed by atoms with Gasteiger partial charge in [-0.1, -0.05) is 29.4 Å². The van der Waals surface area contributed by atoms with Crippen LogP contribution in [0.3, 0.4) is 0 Å². The molecule has 0 aliphatic heterocycles. The highest BCUT2D eigenvalue weighted by Crippen LogP contribution is 2.24. The Labute approximate surface area is 192 Å². The molecule has 0 bridgehead atoms. The fraction of sp³-hybridized carbons (Fsp3) is 0.250. The van der Waals surface area contributed by atoms with Crippen molar-refractivity contribution in [1.82, 2.24) is 20.4 Å². The number of carbonyl (C=O) groups excluding carboxylic acids is 1. The Kier molecular flexibility index (Phi) is 7.24. The van der Waals surface area contributed by atoms with E-state index in [4.69, 9.17) is 4.52 Å². The zero-order chi connectivity index (χ0) is 24.0. The van der Waals surface area contributed by atoms with Crippen LogP contribution < -0.4 is 5.32 Å². The van der Waals surface area contributed by atoms with Crippen LogP contribution in [0.1, 0.15) is 50.9 Å². The summed E-state index contributed by atoms with van der Waals surface area (Å²) in [5.74, 6) is 0.542. The lowest BCUT2D eigenvalue weighted by atomic mass is 10.0. The van der Waals surface area contributed by atoms with E-state index in [1.807, 2.05) is 37.3 Å². The Morgan fingerprint density at radius 2 is 2.06 bits per heavy atom. The van der Waals surface area contributed by atoms with Crippen molar-refractivity contribution in [2.45, 2.75) is 39.3 Å². The van der Waals surface area contributed by atoms with Crippen molar-refractivity contribution in [3.63, 3.8) is 0 Å². The smallest absolute Gasteiger partial charge is 0.258 e. The summed E-state index contributed by atoms with van der Waals surface area (Å²) in [6.07, 6.45) is 3.07. The summed E-state index contributed by atoms with van der Waals surface area (Å²) in [6, 6.07) is 12.5. The summed E-state index contributed by atoms with van der Waals surface area (Å²) in [5.41, 5.74) is 1.31. The molecule has 0 saturated carbocycles. The lowest BCUT2D eigenvalue weighted by Gasteiger charge is -2.15. The monoisotopic (exact) mass is 446 g/mol. The number of nitrogens with one attached hydrogen (secondary N) is 1. The number of benzene rings is 1. The van der Waals surface area contributed by atoms with Gasteiger partial charge in [-0.2, -0.15) is 4.98 Å². The molecule has 2 N–H and O–H groups in total. The van der Waals surface area contributed by atoms with Gasteiger partial charge in [-0.05, 0) is 58.2 Å². The van der Waals surface area contributed by atoms with E-state index in [0.29, 0.717) is 28.5 Å². The number of rotatable bonds is 7. The van der Waals surface area contributed by atoms with Gasteiger partial charge in [-0.3, -0.25) is 9.78 Å². The van der Waals surface area contributed by atoms with Crippen molar-refractivity contribution in [2.24, 2.45) is 9.98 Å². The van der Waals surface area contributed by atoms with Crippen LogP contribution in [0.25, 0.3) is 11.4 Å². The third kappa shape index (κ3) is 6.05. The molecule has 170 valence electrons. The third-order valence-corrected chi connectivity index (χ3v) is 4.72. The van der Waals surface area contributed by atoms with Crippen LogP contribution in [-0.4, -0.2) is 38.7 Å². The molecule has 1 aromatic carbocycles. The number of aromatic nitrogens is 3. The lowest BCUT2D eigenvalue weighted by Crippen LogP contribution is -2.27. The SMILES string of the molecule is C=N/C(=N\C=C(/C)C(=O)N[C@H](C)c1cccc(-c2noc(C(C)(C)O)n2)c1)c1ccccn1. The highest BCUT2D eigenvalue weighted by atomic mass is 16.5. The summed E-state index contributed by atoms with van der Waals surface area (Å²) < 4.78 is 5.15. The quantitative estimate of drug-likeness (QED) is 0.324. The number of pyridine rings is 1. The van der Waals surface area contributed by atoms with E-state index in [2.05, 4.69) is 37.1 Å². The number of amidine groups is 1. The van der Waals surface area contributed by atoms with Crippen molar-refractivity contribution in [3.05, 3.63) is 77.6 Å². The van der Waals surface area contributed by atoms with Crippen molar-refractivity contribution >= 4 is 18.5 Å². The topological polar surface area (TPSA) is 126 Å². The van der Waals surface area contributed by atoms with Gasteiger partial charge in [0.05, 0.1) is 6.04 Å². The number of nitrogens with zero attached hydrogens (tertiary/aromatic N) is 5. The van der Waals surface area contributed by atoms with Crippen molar-refractivity contribution in [1.29, 1.82) is 0 Å². The molecule has 9 heteroatoms. The van der Waals surface area contributed by atoms with Crippen LogP contribution >= 0.6 is 0 Å². The minimum Gasteiger partial charge on any atom is -0.381 e. The Morgan fingerprint density at radius 3 is 2.70 bits per heavy atom. The predicted octanol–water partition coefficient (Wildman–Crippen LogP) is 3.59. The molecular formula is C24H26N6O3. The highest BCUT2D eigenvalue weighted by Gasteiger charge is 2.24. The molecule has 0 unspecified atom stereocenters. The Balaban J connectivity index is 1.72. The Morgan fingerprint density at radius 1 is 1.27 bits per heavy atom. The van der Waals surface area contributed by atoms with E-state index < -0.39 is 5.60 Å². The molecule has 0 fully saturated rings. The van der Waals surface area contributed by atoms with E-state index >= 15 is 0 Å². The van der Waals surface area contributed by atoms with Gasteiger partial charge < -0.3 is 14.9 Å². The minimum atomic E-state index is -1.23. The zero-order valence-corrected chi connectivity index (χ0v) is 19.0. The normalized spacial score (nSPS) is 13.5. The number of amides is 1. The van der Waals surface area contributed by atoms with Gasteiger partial charge in [0.15, 0.2) is 5.84 Å². The summed E-state index contributed by atoms with van der Waals surface area (Å²) in [6.45, 7) is 10.2. The van der Waals surface area contributed by atoms with Gasteiger partial charge in [-0.25, -0.2) is 9.98 Å². The molecule has 9 nitrogen and oxygen atoms in total. The summed E-state index contributed by atoms with van der Waals surface area (Å²) in [7, 11) is 0. The summed E-state index contributed by atoms with van der Waals surface area (Å²) in [5, 5.41) is 16.9. The van der Waals surface area contributed by atoms with Crippen LogP contribution in [0.2, 0.25) is 0 Å². The fourth-order valence-electron chi connectivity index (χ4n) is 2.83. The molecule has 0 saturated heterocycles. The van der Waals surface area contributed by atoms with Crippen LogP contribution in [-0.2, 0) is 10.4 Å². The van der Waals surface area contributed by atoms with Crippen LogP contribution in [0.15, 0.2) is 74.9 Å². The second kappa shape index (κ2) is 10.1. The van der Waals surface area contributed by atoms with Crippen LogP contribution in [0.5, 0.6) is 0 Å². The van der Waals surface area contributed by atoms with E-state index in [1.54, 1.807) is 39.1 Å². The number of hydrogen-bond acceptors (Lipinski definition) is 7. The Bertz CT molecular complexity index is 1190. The lowest BCUT2D eigenvalue weighted by molar-refractivity contribution is -0.118. The molecule has 1 amide bonds. The number of aliphatic hydroxyl groups is 1. The van der Waals surface area contributed by atoms with E-state index in [1.165, 1.54) is 6.20 Å². The first-order valence-electron chi connectivity index (χ1n) is 10.3. The second-order valence-electron chi connectivity index (χ2n) is 7.94. The number of carbonyl (C=O) groups is 1. The number of hydrogen-bond donors (Lipinski definition) is 2. The highest BCUT2D eigenvalue weighted by molar-refractivity contribution is 6.00. The minimum absolute atomic E-state index is 0.129. The average Bonchev–Trinajstić information content (AvgIpc) is 3.31. The largest absolute Gasteiger partial charge is 0.381 e. The molecule has 0 aliphatic carbocycles. The third-order valence-electron chi connectivity index (χ3n) is 4.72. The molecular weight excluding hydrogens is 420 g/mol. The molecule has 0 aliphatic rings. The van der Waals surface area contributed by atoms with Crippen LogP contribution in [0, 0.1) is 0 Å². The first kappa shape index (κ1) is 23.7. The van der Waals surface area contributed by atoms with Gasteiger partial charge in [-0.15, -0.1) is 0 Å². The molecule has 0 spiro atoms. The van der Waals surface area contributed by atoms with E-state index in [-0.39, 0.29) is 17.8 Å². The van der Waals surface area contributed by atoms with Gasteiger partial charge in [0.2, 0.25) is 11.7 Å². The standard InChI is InChI=1S/C24H26N6O3/c1-15(14-27-21(25-5)19-11-6-7-12-26-19)22(31)28-16(2)17-9-8-10-18(13-17)20-29-23(33-30-20)24(3,4)32/h6-14,16,32H,5H2,1-4H3,(H,28,31)/b15-14+,27-21-/t16-/m1/s1. The van der Waals surface area contributed by atoms with Crippen LogP contribution in [0.4, 0.5) is 0 Å². The van der Waals surface area contributed by atoms with E-state index in [0.717, 1.165) is 5.56 Å². The maximum absolute atomic E-state index is 12.7. The predicted molar refractivity (Wildman–Crippen MR) is 126 cm³/mol. The van der Waals surface area contributed by atoms with Crippen molar-refractivity contribution < 1.29 is 14.4 Å². The maximum atomic E-state index is 12.7. The van der Waals surface area contributed by atoms with Crippen molar-refractivity contribution in [2.75, 3.05) is 0 Å². The first-order valence-corrected chi connectivity index (χ1v) is 10.3. The average molecular weight is 447 g/mol. The molecule has 0 radical (unpaired) electrons. The number of aliphatic imine (C=N–C) groups is 2. The summed E-state index contributed by atoms with van der Waals surface area (Å²) in [4.78, 5) is 29.2. The summed E-state index contributed by atoms with van der Waals surface area (Å²) >= 11 is 0. The molecule has 1 atom stereocenters. The van der Waals surface area contributed by atoms with Crippen molar-refractivity contribution in [3.8, 4) is 11.4 Å². The van der Waals surface area contributed by atoms with Gasteiger partial charge in [0.25, 0.3) is 5.89 Å². The maximum Gasteiger partial charge on any atom is 0.258 e. The molecule has 3 rings (SSSR count). The van der Waals surface area contributed by atoms with Gasteiger partial charge in [0.1, 0.15) is 11.3 Å². The molecule has 2 heterocycles.